The molecule has 12 heavy (non-hydrogen) atoms. The second-order valence-corrected chi connectivity index (χ2v) is 3.69. The maximum Gasteiger partial charge on any atom is 0.240 e. The van der Waals surface area contributed by atoms with Gasteiger partial charge in [-0.25, -0.2) is 8.78 Å². The van der Waals surface area contributed by atoms with Crippen molar-refractivity contribution in [1.82, 2.24) is 0 Å². The van der Waals surface area contributed by atoms with Gasteiger partial charge in [-0.1, -0.05) is 32.6 Å². The van der Waals surface area contributed by atoms with E-state index in [-0.39, 0.29) is 11.8 Å². The predicted molar refractivity (Wildman–Crippen MR) is 49.0 cm³/mol. The molecule has 0 nitrogen and oxygen atoms in total. The van der Waals surface area contributed by atoms with Gasteiger partial charge in [0.2, 0.25) is 6.43 Å². The Bertz CT molecular complexity index is 96.5. The molecule has 0 bridgehead atoms. The van der Waals surface area contributed by atoms with E-state index in [0.717, 1.165) is 19.3 Å². The first-order valence-electron chi connectivity index (χ1n) is 4.59. The number of alkyl halides is 3. The highest BCUT2D eigenvalue weighted by Crippen LogP contribution is 2.16. The average Bonchev–Trinajstić information content (AvgIpc) is 1.97. The lowest BCUT2D eigenvalue weighted by atomic mass is 10.1. The molecule has 0 saturated carbocycles. The van der Waals surface area contributed by atoms with E-state index in [1.54, 1.807) is 0 Å². The van der Waals surface area contributed by atoms with Crippen LogP contribution in [0.5, 0.6) is 0 Å². The molecule has 0 aromatic heterocycles. The van der Waals surface area contributed by atoms with E-state index in [1.165, 1.54) is 12.8 Å². The molecule has 0 aliphatic heterocycles. The van der Waals surface area contributed by atoms with Gasteiger partial charge in [0, 0.05) is 11.8 Å². The summed E-state index contributed by atoms with van der Waals surface area (Å²) in [6.45, 7) is 2.12. The summed E-state index contributed by atoms with van der Waals surface area (Å²) in [7, 11) is 0. The lowest BCUT2D eigenvalue weighted by Crippen LogP contribution is -2.04. The van der Waals surface area contributed by atoms with Crippen molar-refractivity contribution in [3.05, 3.63) is 0 Å². The van der Waals surface area contributed by atoms with Crippen LogP contribution in [0.4, 0.5) is 8.78 Å². The molecule has 0 aromatic rings. The van der Waals surface area contributed by atoms with Gasteiger partial charge in [-0.2, -0.15) is 0 Å². The second kappa shape index (κ2) is 7.78. The summed E-state index contributed by atoms with van der Waals surface area (Å²) < 4.78 is 23.6. The molecule has 0 aromatic carbocycles. The summed E-state index contributed by atoms with van der Waals surface area (Å²) in [6.07, 6.45) is 2.76. The molecule has 3 heteroatoms. The van der Waals surface area contributed by atoms with E-state index in [0.29, 0.717) is 0 Å². The SMILES string of the molecule is CCCCCCC(Cl)CC(F)F. The van der Waals surface area contributed by atoms with Crippen LogP contribution >= 0.6 is 11.6 Å². The summed E-state index contributed by atoms with van der Waals surface area (Å²) in [4.78, 5) is 0. The van der Waals surface area contributed by atoms with Crippen LogP contribution in [0, 0.1) is 0 Å². The third-order valence-corrected chi connectivity index (χ3v) is 2.20. The maximum atomic E-state index is 11.8. The molecule has 0 radical (unpaired) electrons. The fraction of sp³-hybridized carbons (Fsp3) is 1.00. The Morgan fingerprint density at radius 2 is 1.83 bits per heavy atom. The summed E-state index contributed by atoms with van der Waals surface area (Å²) in [5.41, 5.74) is 0. The Morgan fingerprint density at radius 3 is 2.33 bits per heavy atom. The molecular weight excluding hydrogens is 182 g/mol. The molecule has 0 aliphatic carbocycles. The van der Waals surface area contributed by atoms with E-state index in [1.807, 2.05) is 0 Å². The first-order valence-corrected chi connectivity index (χ1v) is 5.02. The lowest BCUT2D eigenvalue weighted by Gasteiger charge is -2.07. The Morgan fingerprint density at radius 1 is 1.17 bits per heavy atom. The van der Waals surface area contributed by atoms with Gasteiger partial charge in [-0.05, 0) is 6.42 Å². The van der Waals surface area contributed by atoms with Crippen LogP contribution in [0.15, 0.2) is 0 Å². The Hall–Kier alpha value is 0.150. The fourth-order valence-electron chi connectivity index (χ4n) is 1.10. The zero-order valence-electron chi connectivity index (χ0n) is 7.53. The zero-order valence-corrected chi connectivity index (χ0v) is 8.29. The molecule has 0 rings (SSSR count). The van der Waals surface area contributed by atoms with Gasteiger partial charge in [-0.15, -0.1) is 11.6 Å². The predicted octanol–water partition coefficient (Wildman–Crippen LogP) is 4.22. The van der Waals surface area contributed by atoms with Gasteiger partial charge in [-0.3, -0.25) is 0 Å². The number of rotatable bonds is 7. The summed E-state index contributed by atoms with van der Waals surface area (Å²) in [5.74, 6) is 0. The smallest absolute Gasteiger partial charge is 0.210 e. The first kappa shape index (κ1) is 12.2. The van der Waals surface area contributed by atoms with Crippen molar-refractivity contribution >= 4 is 11.6 Å². The zero-order chi connectivity index (χ0) is 9.40. The molecule has 0 amide bonds. The lowest BCUT2D eigenvalue weighted by molar-refractivity contribution is 0.135. The van der Waals surface area contributed by atoms with Gasteiger partial charge < -0.3 is 0 Å². The third-order valence-electron chi connectivity index (χ3n) is 1.80. The number of halogens is 3. The maximum absolute atomic E-state index is 11.8. The highest BCUT2D eigenvalue weighted by atomic mass is 35.5. The molecule has 0 heterocycles. The van der Waals surface area contributed by atoms with Crippen molar-refractivity contribution in [2.75, 3.05) is 0 Å². The second-order valence-electron chi connectivity index (χ2n) is 3.07. The minimum atomic E-state index is -2.25. The quantitative estimate of drug-likeness (QED) is 0.425. The van der Waals surface area contributed by atoms with Crippen LogP contribution in [0.3, 0.4) is 0 Å². The highest BCUT2D eigenvalue weighted by Gasteiger charge is 2.11. The van der Waals surface area contributed by atoms with Crippen molar-refractivity contribution in [3.63, 3.8) is 0 Å². The number of hydrogen-bond donors (Lipinski definition) is 0. The Balaban J connectivity index is 3.14. The largest absolute Gasteiger partial charge is 0.240 e. The summed E-state index contributed by atoms with van der Waals surface area (Å²) in [5, 5.41) is -0.332. The molecule has 1 atom stereocenters. The highest BCUT2D eigenvalue weighted by molar-refractivity contribution is 6.20. The normalized spacial score (nSPS) is 13.8. The van der Waals surface area contributed by atoms with Crippen LogP contribution in [-0.4, -0.2) is 11.8 Å². The van der Waals surface area contributed by atoms with E-state index < -0.39 is 6.43 Å². The van der Waals surface area contributed by atoms with E-state index in [9.17, 15) is 8.78 Å². The monoisotopic (exact) mass is 198 g/mol. The number of hydrogen-bond acceptors (Lipinski definition) is 0. The standard InChI is InChI=1S/C9H17ClF2/c1-2-3-4-5-6-8(10)7-9(11)12/h8-9H,2-7H2,1H3. The minimum Gasteiger partial charge on any atom is -0.210 e. The summed E-state index contributed by atoms with van der Waals surface area (Å²) >= 11 is 5.67. The van der Waals surface area contributed by atoms with Gasteiger partial charge in [0.25, 0.3) is 0 Å². The molecule has 0 saturated heterocycles. The fourth-order valence-corrected chi connectivity index (χ4v) is 1.39. The Kier molecular flexibility index (Phi) is 7.88. The van der Waals surface area contributed by atoms with Crippen molar-refractivity contribution in [1.29, 1.82) is 0 Å². The molecule has 0 N–H and O–H groups in total. The summed E-state index contributed by atoms with van der Waals surface area (Å²) in [6, 6.07) is 0. The number of unbranched alkanes of at least 4 members (excludes halogenated alkanes) is 3. The minimum absolute atomic E-state index is 0.159. The topological polar surface area (TPSA) is 0 Å². The van der Waals surface area contributed by atoms with Crippen LogP contribution in [-0.2, 0) is 0 Å². The van der Waals surface area contributed by atoms with Crippen molar-refractivity contribution in [2.45, 2.75) is 57.3 Å². The average molecular weight is 199 g/mol. The molecule has 0 aliphatic rings. The van der Waals surface area contributed by atoms with E-state index in [2.05, 4.69) is 6.92 Å². The third kappa shape index (κ3) is 8.25. The molecular formula is C9H17ClF2. The van der Waals surface area contributed by atoms with Gasteiger partial charge in [0.15, 0.2) is 0 Å². The first-order chi connectivity index (χ1) is 5.66. The van der Waals surface area contributed by atoms with E-state index in [4.69, 9.17) is 11.6 Å². The van der Waals surface area contributed by atoms with Gasteiger partial charge in [0.05, 0.1) is 0 Å². The molecule has 1 unspecified atom stereocenters. The molecule has 0 fully saturated rings. The molecule has 0 spiro atoms. The van der Waals surface area contributed by atoms with Crippen LogP contribution < -0.4 is 0 Å². The van der Waals surface area contributed by atoms with Gasteiger partial charge >= 0.3 is 0 Å². The van der Waals surface area contributed by atoms with Crippen molar-refractivity contribution in [2.24, 2.45) is 0 Å². The van der Waals surface area contributed by atoms with Crippen LogP contribution in [0.25, 0.3) is 0 Å². The molecule has 74 valence electrons. The van der Waals surface area contributed by atoms with Crippen molar-refractivity contribution in [3.8, 4) is 0 Å². The van der Waals surface area contributed by atoms with Crippen LogP contribution in [0.2, 0.25) is 0 Å². The van der Waals surface area contributed by atoms with Crippen molar-refractivity contribution < 1.29 is 8.78 Å². The van der Waals surface area contributed by atoms with Gasteiger partial charge in [0.1, 0.15) is 0 Å². The van der Waals surface area contributed by atoms with Crippen LogP contribution in [0.1, 0.15) is 45.4 Å². The van der Waals surface area contributed by atoms with E-state index >= 15 is 0 Å². The Labute approximate surface area is 78.3 Å².